The Morgan fingerprint density at radius 2 is 1.73 bits per heavy atom. The molecule has 0 bridgehead atoms. The molecule has 0 unspecified atom stereocenters. The van der Waals surface area contributed by atoms with E-state index in [4.69, 9.17) is 5.73 Å². The number of rotatable bonds is 6. The highest BCUT2D eigenvalue weighted by atomic mass is 32.2. The van der Waals surface area contributed by atoms with Crippen molar-refractivity contribution in [1.29, 1.82) is 0 Å². The first-order chi connectivity index (χ1) is 14.2. The van der Waals surface area contributed by atoms with E-state index >= 15 is 0 Å². The minimum absolute atomic E-state index is 0.225. The largest absolute Gasteiger partial charge is 0.366 e. The predicted octanol–water partition coefficient (Wildman–Crippen LogP) is 1.92. The van der Waals surface area contributed by atoms with Crippen molar-refractivity contribution in [1.82, 2.24) is 9.62 Å². The quantitative estimate of drug-likeness (QED) is 0.720. The van der Waals surface area contributed by atoms with Crippen molar-refractivity contribution in [3.8, 4) is 0 Å². The van der Waals surface area contributed by atoms with Gasteiger partial charge in [0.2, 0.25) is 21.8 Å². The lowest BCUT2D eigenvalue weighted by Gasteiger charge is -2.29. The van der Waals surface area contributed by atoms with E-state index < -0.39 is 44.4 Å². The molecule has 3 N–H and O–H groups in total. The van der Waals surface area contributed by atoms with Crippen LogP contribution >= 0.6 is 0 Å². The maximum atomic E-state index is 13.7. The molecular weight excluding hydrogens is 416 g/mol. The van der Waals surface area contributed by atoms with Crippen LogP contribution in [0.25, 0.3) is 0 Å². The summed E-state index contributed by atoms with van der Waals surface area (Å²) >= 11 is 0. The van der Waals surface area contributed by atoms with Crippen molar-refractivity contribution in [3.63, 3.8) is 0 Å². The second-order valence-corrected chi connectivity index (χ2v) is 8.91. The van der Waals surface area contributed by atoms with Crippen LogP contribution in [0.4, 0.5) is 8.78 Å². The lowest BCUT2D eigenvalue weighted by Crippen LogP contribution is -2.48. The third-order valence-electron chi connectivity index (χ3n) is 4.87. The van der Waals surface area contributed by atoms with Crippen LogP contribution in [0, 0.1) is 11.6 Å². The molecule has 0 radical (unpaired) electrons. The predicted molar refractivity (Wildman–Crippen MR) is 105 cm³/mol. The summed E-state index contributed by atoms with van der Waals surface area (Å²) in [6.45, 7) is 0.197. The molecule has 7 nitrogen and oxygen atoms in total. The van der Waals surface area contributed by atoms with E-state index in [2.05, 4.69) is 5.32 Å². The van der Waals surface area contributed by atoms with Crippen molar-refractivity contribution >= 4 is 21.8 Å². The third kappa shape index (κ3) is 4.82. The van der Waals surface area contributed by atoms with Crippen LogP contribution in [-0.4, -0.2) is 37.1 Å². The molecule has 0 saturated carbocycles. The minimum atomic E-state index is -4.42. The summed E-state index contributed by atoms with van der Waals surface area (Å²) in [5.74, 6) is -3.18. The molecule has 1 saturated heterocycles. The molecule has 3 rings (SSSR count). The number of nitrogens with one attached hydrogen (secondary N) is 1. The van der Waals surface area contributed by atoms with Crippen LogP contribution < -0.4 is 11.1 Å². The number of halogens is 2. The van der Waals surface area contributed by atoms with Crippen molar-refractivity contribution in [2.45, 2.75) is 36.7 Å². The first-order valence-corrected chi connectivity index (χ1v) is 10.8. The van der Waals surface area contributed by atoms with E-state index in [-0.39, 0.29) is 18.5 Å². The summed E-state index contributed by atoms with van der Waals surface area (Å²) in [6.07, 6.45) is 1.56. The van der Waals surface area contributed by atoms with Crippen molar-refractivity contribution in [2.24, 2.45) is 5.73 Å². The zero-order valence-electron chi connectivity index (χ0n) is 16.0. The first kappa shape index (κ1) is 21.8. The van der Waals surface area contributed by atoms with Gasteiger partial charge in [0.15, 0.2) is 0 Å². The summed E-state index contributed by atoms with van der Waals surface area (Å²) < 4.78 is 55.0. The number of hydrogen-bond donors (Lipinski definition) is 2. The van der Waals surface area contributed by atoms with Gasteiger partial charge in [0.25, 0.3) is 0 Å². The highest BCUT2D eigenvalue weighted by Crippen LogP contribution is 2.26. The van der Waals surface area contributed by atoms with E-state index in [0.29, 0.717) is 31.0 Å². The topological polar surface area (TPSA) is 110 Å². The number of nitrogens with two attached hydrogens (primary N) is 1. The molecule has 0 aliphatic carbocycles. The van der Waals surface area contributed by atoms with E-state index in [0.717, 1.165) is 16.4 Å². The van der Waals surface area contributed by atoms with Gasteiger partial charge in [0.05, 0.1) is 4.90 Å². The number of benzene rings is 2. The van der Waals surface area contributed by atoms with Crippen molar-refractivity contribution in [2.75, 3.05) is 6.54 Å². The highest BCUT2D eigenvalue weighted by molar-refractivity contribution is 7.89. The highest BCUT2D eigenvalue weighted by Gasteiger charge is 2.37. The van der Waals surface area contributed by atoms with Gasteiger partial charge < -0.3 is 11.1 Å². The smallest absolute Gasteiger partial charge is 0.248 e. The minimum Gasteiger partial charge on any atom is -0.366 e. The van der Waals surface area contributed by atoms with Gasteiger partial charge in [-0.3, -0.25) is 9.59 Å². The molecule has 1 aliphatic rings. The molecular formula is C20H21F2N3O4S. The van der Waals surface area contributed by atoms with Gasteiger partial charge in [-0.2, -0.15) is 4.31 Å². The maximum absolute atomic E-state index is 13.7. The molecule has 10 heteroatoms. The van der Waals surface area contributed by atoms with Crippen molar-refractivity contribution in [3.05, 3.63) is 65.2 Å². The van der Waals surface area contributed by atoms with E-state index in [1.54, 1.807) is 0 Å². The Morgan fingerprint density at radius 3 is 2.33 bits per heavy atom. The molecule has 1 heterocycles. The van der Waals surface area contributed by atoms with Gasteiger partial charge in [-0.1, -0.05) is 12.1 Å². The van der Waals surface area contributed by atoms with Crippen LogP contribution in [0.1, 0.15) is 35.2 Å². The lowest BCUT2D eigenvalue weighted by molar-refractivity contribution is -0.124. The van der Waals surface area contributed by atoms with Gasteiger partial charge in [-0.15, -0.1) is 0 Å². The molecule has 160 valence electrons. The average Bonchev–Trinajstić information content (AvgIpc) is 2.90. The Bertz CT molecular complexity index is 1040. The monoisotopic (exact) mass is 437 g/mol. The Balaban J connectivity index is 2.04. The number of nitrogens with zero attached hydrogens (tertiary/aromatic N) is 1. The Kier molecular flexibility index (Phi) is 6.47. The molecule has 2 amide bonds. The van der Waals surface area contributed by atoms with Gasteiger partial charge in [0, 0.05) is 24.7 Å². The Morgan fingerprint density at radius 1 is 1.10 bits per heavy atom. The zero-order chi connectivity index (χ0) is 21.9. The summed E-state index contributed by atoms with van der Waals surface area (Å²) in [6, 6.07) is 6.89. The fourth-order valence-electron chi connectivity index (χ4n) is 3.33. The van der Waals surface area contributed by atoms with Crippen molar-refractivity contribution < 1.29 is 26.8 Å². The lowest BCUT2D eigenvalue weighted by atomic mass is 10.1. The van der Waals surface area contributed by atoms with Gasteiger partial charge in [-0.05, 0) is 49.1 Å². The fraction of sp³-hybridized carbons (Fsp3) is 0.300. The number of primary amides is 1. The van der Waals surface area contributed by atoms with Crippen LogP contribution in [0.2, 0.25) is 0 Å². The number of carbonyl (C=O) groups excluding carboxylic acids is 2. The van der Waals surface area contributed by atoms with Crippen LogP contribution in [0.15, 0.2) is 47.4 Å². The number of hydrogen-bond acceptors (Lipinski definition) is 4. The van der Waals surface area contributed by atoms with E-state index in [9.17, 15) is 26.8 Å². The second-order valence-electron chi connectivity index (χ2n) is 7.02. The maximum Gasteiger partial charge on any atom is 0.248 e. The van der Waals surface area contributed by atoms with Gasteiger partial charge in [0.1, 0.15) is 17.7 Å². The van der Waals surface area contributed by atoms with Crippen LogP contribution in [0.5, 0.6) is 0 Å². The number of amides is 2. The molecule has 2 aromatic rings. The second kappa shape index (κ2) is 8.88. The zero-order valence-corrected chi connectivity index (χ0v) is 16.8. The van der Waals surface area contributed by atoms with Gasteiger partial charge >= 0.3 is 0 Å². The molecule has 1 aliphatic heterocycles. The average molecular weight is 437 g/mol. The van der Waals surface area contributed by atoms with Crippen LogP contribution in [-0.2, 0) is 21.4 Å². The third-order valence-corrected chi connectivity index (χ3v) is 6.71. The Hall–Kier alpha value is -2.85. The molecule has 1 fully saturated rings. The number of carbonyl (C=O) groups is 2. The van der Waals surface area contributed by atoms with E-state index in [1.165, 1.54) is 24.3 Å². The normalized spacial score (nSPS) is 17.4. The van der Waals surface area contributed by atoms with Crippen LogP contribution in [0.3, 0.4) is 0 Å². The molecule has 2 aromatic carbocycles. The first-order valence-electron chi connectivity index (χ1n) is 9.33. The summed E-state index contributed by atoms with van der Waals surface area (Å²) in [4.78, 5) is 23.3. The standard InChI is InChI=1S/C20H21F2N3O4S/c21-15-9-16(22)11-17(10-15)30(28,29)25(18-3-1-2-8-24-20(18)27)12-13-4-6-14(7-5-13)19(23)26/h4-7,9-11,18H,1-3,8,12H2,(H2,23,26)(H,24,27)/t18-/m1/s1. The van der Waals surface area contributed by atoms with E-state index in [1.807, 2.05) is 0 Å². The number of sulfonamides is 1. The molecule has 30 heavy (non-hydrogen) atoms. The summed E-state index contributed by atoms with van der Waals surface area (Å²) in [5.41, 5.74) is 5.95. The summed E-state index contributed by atoms with van der Waals surface area (Å²) in [5, 5.41) is 2.68. The molecule has 1 atom stereocenters. The Labute approximate surface area is 172 Å². The SMILES string of the molecule is NC(=O)c1ccc(CN([C@@H]2CCCCNC2=O)S(=O)(=O)c2cc(F)cc(F)c2)cc1. The molecule has 0 spiro atoms. The fourth-order valence-corrected chi connectivity index (χ4v) is 4.98. The molecule has 0 aromatic heterocycles. The summed E-state index contributed by atoms with van der Waals surface area (Å²) in [7, 11) is -4.42. The van der Waals surface area contributed by atoms with Gasteiger partial charge in [-0.25, -0.2) is 17.2 Å².